The summed E-state index contributed by atoms with van der Waals surface area (Å²) >= 11 is 0. The molecule has 11 nitrogen and oxygen atoms in total. The number of nitrogens with one attached hydrogen (secondary N) is 2. The summed E-state index contributed by atoms with van der Waals surface area (Å²) in [6.07, 6.45) is 5.41. The molecule has 2 saturated heterocycles. The monoisotopic (exact) mass is 483 g/mol. The Kier molecular flexibility index (Phi) is 6.24. The largest absolute Gasteiger partial charge is 0.394 e. The van der Waals surface area contributed by atoms with Gasteiger partial charge < -0.3 is 15.7 Å². The number of tetrazole rings is 1. The van der Waals surface area contributed by atoms with Crippen molar-refractivity contribution in [2.75, 3.05) is 23.8 Å². The van der Waals surface area contributed by atoms with Gasteiger partial charge in [-0.2, -0.15) is 14.3 Å². The lowest BCUT2D eigenvalue weighted by Crippen LogP contribution is -2.55. The molecule has 186 valence electrons. The van der Waals surface area contributed by atoms with Gasteiger partial charge in [-0.05, 0) is 74.7 Å². The van der Waals surface area contributed by atoms with Crippen LogP contribution in [0.4, 0.5) is 21.8 Å². The van der Waals surface area contributed by atoms with Crippen LogP contribution >= 0.6 is 0 Å². The van der Waals surface area contributed by atoms with Crippen molar-refractivity contribution in [1.29, 1.82) is 0 Å². The highest BCUT2D eigenvalue weighted by molar-refractivity contribution is 5.58. The molecule has 0 spiro atoms. The molecule has 12 heteroatoms. The van der Waals surface area contributed by atoms with Gasteiger partial charge in [-0.3, -0.25) is 4.90 Å². The van der Waals surface area contributed by atoms with Crippen LogP contribution < -0.4 is 16.3 Å². The van der Waals surface area contributed by atoms with Gasteiger partial charge in [0.1, 0.15) is 0 Å². The van der Waals surface area contributed by atoms with Gasteiger partial charge in [-0.1, -0.05) is 6.07 Å². The molecule has 2 aromatic heterocycles. The summed E-state index contributed by atoms with van der Waals surface area (Å²) in [4.78, 5) is 23.5. The lowest BCUT2D eigenvalue weighted by molar-refractivity contribution is 0.0500. The minimum atomic E-state index is -0.497. The molecule has 0 radical (unpaired) electrons. The lowest BCUT2D eigenvalue weighted by atomic mass is 9.84. The highest BCUT2D eigenvalue weighted by atomic mass is 19.1. The van der Waals surface area contributed by atoms with Crippen LogP contribution in [0, 0.1) is 5.82 Å². The number of piperidine rings is 1. The predicted octanol–water partition coefficient (Wildman–Crippen LogP) is 1.91. The van der Waals surface area contributed by atoms with Crippen molar-refractivity contribution < 1.29 is 9.50 Å². The Morgan fingerprint density at radius 1 is 1.29 bits per heavy atom. The van der Waals surface area contributed by atoms with Crippen molar-refractivity contribution in [2.24, 2.45) is 0 Å². The van der Waals surface area contributed by atoms with E-state index >= 15 is 0 Å². The molecule has 2 aliphatic rings. The van der Waals surface area contributed by atoms with Crippen molar-refractivity contribution in [2.45, 2.75) is 63.7 Å². The van der Waals surface area contributed by atoms with Crippen LogP contribution in [0.5, 0.6) is 0 Å². The fraction of sp³-hybridized carbons (Fsp3) is 0.522. The number of benzene rings is 1. The summed E-state index contributed by atoms with van der Waals surface area (Å²) < 4.78 is 16.8. The van der Waals surface area contributed by atoms with E-state index in [0.29, 0.717) is 17.4 Å². The third-order valence-electron chi connectivity index (χ3n) is 6.84. The second-order valence-corrected chi connectivity index (χ2v) is 9.77. The fourth-order valence-electron chi connectivity index (χ4n) is 5.36. The van der Waals surface area contributed by atoms with Crippen molar-refractivity contribution in [3.8, 4) is 5.69 Å². The second kappa shape index (κ2) is 9.34. The third-order valence-corrected chi connectivity index (χ3v) is 6.84. The normalized spacial score (nSPS) is 21.6. The molecule has 4 heterocycles. The molecule has 2 aliphatic heterocycles. The molecule has 0 saturated carbocycles. The van der Waals surface area contributed by atoms with E-state index in [1.807, 2.05) is 0 Å². The minimum Gasteiger partial charge on any atom is -0.394 e. The summed E-state index contributed by atoms with van der Waals surface area (Å²) in [5.74, 6) is -0.0861. The number of rotatable bonds is 7. The average molecular weight is 484 g/mol. The van der Waals surface area contributed by atoms with E-state index in [0.717, 1.165) is 34.9 Å². The fourth-order valence-corrected chi connectivity index (χ4v) is 5.36. The van der Waals surface area contributed by atoms with E-state index in [-0.39, 0.29) is 36.5 Å². The van der Waals surface area contributed by atoms with E-state index in [1.165, 1.54) is 12.8 Å². The molecule has 3 aromatic rings. The molecule has 3 N–H and O–H groups in total. The van der Waals surface area contributed by atoms with Crippen molar-refractivity contribution in [3.05, 3.63) is 46.8 Å². The number of nitrogens with zero attached hydrogens (tertiary/aromatic N) is 7. The standard InChI is InChI=1S/C23H30FN9O2/c1-23(2)13-16(12-17-7-4-8-31(17)23)26-20-19(24)14-25-21(28-20)27-15-5-3-6-18(11-15)33-22(35)32(9-10-34)29-30-33/h3,5-6,11,14,16-17,34H,4,7-10,12-13H2,1-2H3,(H2,25,26,27,28)/t16-,17-/m1/s1. The van der Waals surface area contributed by atoms with E-state index < -0.39 is 11.5 Å². The average Bonchev–Trinajstić information content (AvgIpc) is 3.44. The number of anilines is 3. The SMILES string of the molecule is CC1(C)C[C@H](Nc2nc(Nc3cccc(-n4nnn(CCO)c4=O)c3)ncc2F)C[C@H]2CCCN21. The summed E-state index contributed by atoms with van der Waals surface area (Å²) in [6.45, 7) is 5.48. The van der Waals surface area contributed by atoms with Crippen LogP contribution in [0.15, 0.2) is 35.3 Å². The smallest absolute Gasteiger partial charge is 0.368 e. The summed E-state index contributed by atoms with van der Waals surface area (Å²) in [5, 5.41) is 23.1. The molecule has 1 aromatic carbocycles. The first-order valence-electron chi connectivity index (χ1n) is 11.9. The van der Waals surface area contributed by atoms with Gasteiger partial charge in [0, 0.05) is 23.3 Å². The number of fused-ring (bicyclic) bond motifs is 1. The highest BCUT2D eigenvalue weighted by Gasteiger charge is 2.43. The van der Waals surface area contributed by atoms with Gasteiger partial charge >= 0.3 is 5.69 Å². The van der Waals surface area contributed by atoms with E-state index in [4.69, 9.17) is 5.11 Å². The molecule has 0 bridgehead atoms. The van der Waals surface area contributed by atoms with E-state index in [9.17, 15) is 9.18 Å². The maximum atomic E-state index is 14.6. The number of aliphatic hydroxyl groups excluding tert-OH is 1. The Bertz CT molecular complexity index is 1260. The maximum Gasteiger partial charge on any atom is 0.368 e. The number of aliphatic hydroxyl groups is 1. The molecular formula is C23H30FN9O2. The summed E-state index contributed by atoms with van der Waals surface area (Å²) in [5.41, 5.74) is 0.676. The Morgan fingerprint density at radius 2 is 2.14 bits per heavy atom. The second-order valence-electron chi connectivity index (χ2n) is 9.77. The molecule has 5 rings (SSSR count). The highest BCUT2D eigenvalue weighted by Crippen LogP contribution is 2.38. The first-order valence-corrected chi connectivity index (χ1v) is 11.9. The number of hydrogen-bond donors (Lipinski definition) is 3. The van der Waals surface area contributed by atoms with Crippen molar-refractivity contribution in [1.82, 2.24) is 34.7 Å². The van der Waals surface area contributed by atoms with Gasteiger partial charge in [0.2, 0.25) is 5.95 Å². The first kappa shape index (κ1) is 23.4. The van der Waals surface area contributed by atoms with Crippen LogP contribution in [0.1, 0.15) is 39.5 Å². The van der Waals surface area contributed by atoms with Gasteiger partial charge in [0.25, 0.3) is 0 Å². The molecule has 0 unspecified atom stereocenters. The van der Waals surface area contributed by atoms with Gasteiger partial charge in [-0.15, -0.1) is 0 Å². The first-order chi connectivity index (χ1) is 16.8. The zero-order chi connectivity index (χ0) is 24.6. The summed E-state index contributed by atoms with van der Waals surface area (Å²) in [6, 6.07) is 7.57. The predicted molar refractivity (Wildman–Crippen MR) is 128 cm³/mol. The molecule has 2 fully saturated rings. The quantitative estimate of drug-likeness (QED) is 0.462. The third kappa shape index (κ3) is 4.76. The van der Waals surface area contributed by atoms with E-state index in [2.05, 4.69) is 49.8 Å². The molecular weight excluding hydrogens is 453 g/mol. The van der Waals surface area contributed by atoms with Crippen LogP contribution in [0.2, 0.25) is 0 Å². The number of hydrogen-bond acceptors (Lipinski definition) is 9. The topological polar surface area (TPSA) is 126 Å². The van der Waals surface area contributed by atoms with E-state index in [1.54, 1.807) is 24.3 Å². The van der Waals surface area contributed by atoms with Gasteiger partial charge in [0.15, 0.2) is 11.6 Å². The van der Waals surface area contributed by atoms with Crippen LogP contribution in [0.3, 0.4) is 0 Å². The molecule has 0 amide bonds. The van der Waals surface area contributed by atoms with Gasteiger partial charge in [0.05, 0.1) is 25.0 Å². The Morgan fingerprint density at radius 3 is 2.97 bits per heavy atom. The number of halogens is 1. The zero-order valence-electron chi connectivity index (χ0n) is 19.9. The van der Waals surface area contributed by atoms with Crippen molar-refractivity contribution in [3.63, 3.8) is 0 Å². The van der Waals surface area contributed by atoms with Crippen LogP contribution in [-0.2, 0) is 6.54 Å². The van der Waals surface area contributed by atoms with Crippen LogP contribution in [-0.4, -0.2) is 70.5 Å². The summed E-state index contributed by atoms with van der Waals surface area (Å²) in [7, 11) is 0. The van der Waals surface area contributed by atoms with Gasteiger partial charge in [-0.25, -0.2) is 14.2 Å². The lowest BCUT2D eigenvalue weighted by Gasteiger charge is -2.47. The van der Waals surface area contributed by atoms with Crippen molar-refractivity contribution >= 4 is 17.5 Å². The minimum absolute atomic E-state index is 0.0548. The Labute approximate surface area is 202 Å². The molecule has 35 heavy (non-hydrogen) atoms. The Hall–Kier alpha value is -3.38. The zero-order valence-corrected chi connectivity index (χ0v) is 19.9. The maximum absolute atomic E-state index is 14.6. The molecule has 0 aliphatic carbocycles. The van der Waals surface area contributed by atoms with Crippen LogP contribution in [0.25, 0.3) is 5.69 Å². The Balaban J connectivity index is 1.33. The number of aromatic nitrogens is 6. The molecule has 2 atom stereocenters.